The molecule has 0 aromatic heterocycles. The Morgan fingerprint density at radius 3 is 3.33 bits per heavy atom. The average Bonchev–Trinajstić information content (AvgIpc) is 2.55. The quantitative estimate of drug-likeness (QED) is 0.337. The number of hydrogen-bond donors (Lipinski definition) is 0. The average molecular weight is 118 g/mol. The molecule has 0 fully saturated rings. The second kappa shape index (κ2) is 1.64. The molecular weight excluding hydrogens is 108 g/mol. The zero-order valence-corrected chi connectivity index (χ0v) is 5.70. The summed E-state index contributed by atoms with van der Waals surface area (Å²) in [7, 11) is 0. The van der Waals surface area contributed by atoms with Crippen molar-refractivity contribution in [2.24, 2.45) is 5.92 Å². The van der Waals surface area contributed by atoms with Crippen molar-refractivity contribution in [1.29, 1.82) is 0 Å². The van der Waals surface area contributed by atoms with E-state index in [1.165, 1.54) is 12.8 Å². The van der Waals surface area contributed by atoms with E-state index in [1.54, 1.807) is 11.1 Å². The van der Waals surface area contributed by atoms with Crippen LogP contribution in [0.5, 0.6) is 0 Å². The van der Waals surface area contributed by atoms with Crippen LogP contribution in [0.25, 0.3) is 0 Å². The summed E-state index contributed by atoms with van der Waals surface area (Å²) in [5.74, 6) is 6.98. The first-order valence-electron chi connectivity index (χ1n) is 3.57. The SMILES string of the molecule is CC1C#CCCC2=C1C2. The minimum absolute atomic E-state index is 0.586. The van der Waals surface area contributed by atoms with Gasteiger partial charge in [-0.3, -0.25) is 0 Å². The highest BCUT2D eigenvalue weighted by Gasteiger charge is 2.25. The molecular formula is C9H10. The molecule has 0 nitrogen and oxygen atoms in total. The van der Waals surface area contributed by atoms with E-state index in [4.69, 9.17) is 0 Å². The minimum Gasteiger partial charge on any atom is -0.102 e. The lowest BCUT2D eigenvalue weighted by Gasteiger charge is -1.91. The van der Waals surface area contributed by atoms with Gasteiger partial charge in [0.15, 0.2) is 0 Å². The number of allylic oxidation sites excluding steroid dienone is 2. The molecule has 2 rings (SSSR count). The van der Waals surface area contributed by atoms with E-state index in [2.05, 4.69) is 18.8 Å². The van der Waals surface area contributed by atoms with Gasteiger partial charge in [0.2, 0.25) is 0 Å². The van der Waals surface area contributed by atoms with Crippen molar-refractivity contribution in [2.75, 3.05) is 0 Å². The third kappa shape index (κ3) is 0.772. The van der Waals surface area contributed by atoms with E-state index in [1.807, 2.05) is 0 Å². The molecule has 0 aromatic rings. The van der Waals surface area contributed by atoms with Crippen LogP contribution in [0.15, 0.2) is 11.1 Å². The predicted octanol–water partition coefficient (Wildman–Crippen LogP) is 2.12. The molecule has 0 aliphatic heterocycles. The predicted molar refractivity (Wildman–Crippen MR) is 37.8 cm³/mol. The maximum atomic E-state index is 3.23. The Morgan fingerprint density at radius 2 is 2.44 bits per heavy atom. The molecule has 0 aromatic carbocycles. The molecule has 0 spiro atoms. The van der Waals surface area contributed by atoms with Crippen molar-refractivity contribution in [3.63, 3.8) is 0 Å². The normalized spacial score (nSPS) is 30.1. The van der Waals surface area contributed by atoms with Crippen LogP contribution in [-0.4, -0.2) is 0 Å². The molecule has 0 heteroatoms. The molecule has 2 aliphatic rings. The molecule has 2 aliphatic carbocycles. The summed E-state index contributed by atoms with van der Waals surface area (Å²) >= 11 is 0. The Balaban J connectivity index is 2.26. The van der Waals surface area contributed by atoms with Gasteiger partial charge < -0.3 is 0 Å². The van der Waals surface area contributed by atoms with Gasteiger partial charge in [-0.25, -0.2) is 0 Å². The first-order chi connectivity index (χ1) is 4.38. The first-order valence-corrected chi connectivity index (χ1v) is 3.57. The van der Waals surface area contributed by atoms with Gasteiger partial charge in [-0.05, 0) is 19.8 Å². The zero-order valence-electron chi connectivity index (χ0n) is 5.70. The molecule has 1 unspecified atom stereocenters. The molecule has 46 valence electrons. The summed E-state index contributed by atoms with van der Waals surface area (Å²) in [5.41, 5.74) is 3.32. The summed E-state index contributed by atoms with van der Waals surface area (Å²) in [5, 5.41) is 0. The first kappa shape index (κ1) is 5.11. The maximum Gasteiger partial charge on any atom is 0.0389 e. The molecule has 9 heavy (non-hydrogen) atoms. The molecule has 0 radical (unpaired) electrons. The van der Waals surface area contributed by atoms with Crippen molar-refractivity contribution in [3.8, 4) is 11.8 Å². The van der Waals surface area contributed by atoms with Crippen LogP contribution < -0.4 is 0 Å². The molecule has 0 saturated heterocycles. The van der Waals surface area contributed by atoms with Crippen molar-refractivity contribution in [2.45, 2.75) is 26.2 Å². The topological polar surface area (TPSA) is 0 Å². The van der Waals surface area contributed by atoms with E-state index < -0.39 is 0 Å². The van der Waals surface area contributed by atoms with E-state index in [0.29, 0.717) is 5.92 Å². The van der Waals surface area contributed by atoms with Gasteiger partial charge in [-0.1, -0.05) is 17.1 Å². The molecule has 1 atom stereocenters. The van der Waals surface area contributed by atoms with Gasteiger partial charge in [0.05, 0.1) is 0 Å². The lowest BCUT2D eigenvalue weighted by Crippen LogP contribution is -1.83. The van der Waals surface area contributed by atoms with Crippen LogP contribution in [0.1, 0.15) is 26.2 Å². The van der Waals surface area contributed by atoms with Gasteiger partial charge >= 0.3 is 0 Å². The fourth-order valence-corrected chi connectivity index (χ4v) is 1.42. The lowest BCUT2D eigenvalue weighted by atomic mass is 10.1. The summed E-state index contributed by atoms with van der Waals surface area (Å²) in [4.78, 5) is 0. The summed E-state index contributed by atoms with van der Waals surface area (Å²) in [6, 6.07) is 0. The molecule has 0 bridgehead atoms. The van der Waals surface area contributed by atoms with Gasteiger partial charge in [0.1, 0.15) is 0 Å². The Labute approximate surface area is 56.0 Å². The third-order valence-corrected chi connectivity index (χ3v) is 2.13. The van der Waals surface area contributed by atoms with Crippen LogP contribution in [-0.2, 0) is 0 Å². The zero-order chi connectivity index (χ0) is 6.27. The van der Waals surface area contributed by atoms with E-state index in [9.17, 15) is 0 Å². The van der Waals surface area contributed by atoms with Crippen LogP contribution in [0.4, 0.5) is 0 Å². The van der Waals surface area contributed by atoms with Gasteiger partial charge in [0.25, 0.3) is 0 Å². The third-order valence-electron chi connectivity index (χ3n) is 2.13. The van der Waals surface area contributed by atoms with E-state index in [0.717, 1.165) is 6.42 Å². The molecule has 0 saturated carbocycles. The van der Waals surface area contributed by atoms with Crippen LogP contribution in [0, 0.1) is 17.8 Å². The largest absolute Gasteiger partial charge is 0.102 e. The number of hydrogen-bond acceptors (Lipinski definition) is 0. The monoisotopic (exact) mass is 118 g/mol. The van der Waals surface area contributed by atoms with Crippen LogP contribution in [0.3, 0.4) is 0 Å². The highest BCUT2D eigenvalue weighted by molar-refractivity contribution is 5.42. The lowest BCUT2D eigenvalue weighted by molar-refractivity contribution is 0.927. The number of rotatable bonds is 0. The van der Waals surface area contributed by atoms with Crippen LogP contribution in [0.2, 0.25) is 0 Å². The summed E-state index contributed by atoms with van der Waals surface area (Å²) < 4.78 is 0. The van der Waals surface area contributed by atoms with Crippen molar-refractivity contribution < 1.29 is 0 Å². The fourth-order valence-electron chi connectivity index (χ4n) is 1.42. The summed E-state index contributed by atoms with van der Waals surface area (Å²) in [6.45, 7) is 2.21. The Kier molecular flexibility index (Phi) is 0.931. The Morgan fingerprint density at radius 1 is 1.56 bits per heavy atom. The highest BCUT2D eigenvalue weighted by atomic mass is 14.3. The van der Waals surface area contributed by atoms with Crippen LogP contribution >= 0.6 is 0 Å². The van der Waals surface area contributed by atoms with E-state index in [-0.39, 0.29) is 0 Å². The van der Waals surface area contributed by atoms with Crippen molar-refractivity contribution in [3.05, 3.63) is 11.1 Å². The fraction of sp³-hybridized carbons (Fsp3) is 0.556. The summed E-state index contributed by atoms with van der Waals surface area (Å²) in [6.07, 6.45) is 3.66. The maximum absolute atomic E-state index is 3.23. The van der Waals surface area contributed by atoms with Gasteiger partial charge in [-0.15, -0.1) is 5.92 Å². The van der Waals surface area contributed by atoms with Gasteiger partial charge in [-0.2, -0.15) is 0 Å². The molecule has 0 heterocycles. The standard InChI is InChI=1S/C9H10/c1-7-4-2-3-5-8-6-9(7)8/h7H,3,5-6H2,1H3. The van der Waals surface area contributed by atoms with Crippen molar-refractivity contribution in [1.82, 2.24) is 0 Å². The smallest absolute Gasteiger partial charge is 0.0389 e. The second-order valence-electron chi connectivity index (χ2n) is 2.85. The Bertz CT molecular complexity index is 222. The second-order valence-corrected chi connectivity index (χ2v) is 2.85. The Hall–Kier alpha value is -0.700. The molecule has 0 N–H and O–H groups in total. The highest BCUT2D eigenvalue weighted by Crippen LogP contribution is 2.40. The molecule has 0 amide bonds. The van der Waals surface area contributed by atoms with Crippen molar-refractivity contribution >= 4 is 0 Å². The van der Waals surface area contributed by atoms with Gasteiger partial charge in [0, 0.05) is 12.3 Å². The van der Waals surface area contributed by atoms with E-state index >= 15 is 0 Å². The minimum atomic E-state index is 0.586.